The van der Waals surface area contributed by atoms with Crippen molar-refractivity contribution in [2.24, 2.45) is 0 Å². The first kappa shape index (κ1) is 12.8. The smallest absolute Gasteiger partial charge is 0.164 e. The Morgan fingerprint density at radius 1 is 1.26 bits per heavy atom. The molecule has 1 aromatic heterocycles. The molecular weight excluding hydrogens is 258 g/mol. The predicted molar refractivity (Wildman–Crippen MR) is 78.0 cm³/mol. The molecule has 0 atom stereocenters. The van der Waals surface area contributed by atoms with Gasteiger partial charge in [-0.2, -0.15) is 0 Å². The van der Waals surface area contributed by atoms with E-state index in [1.165, 1.54) is 10.1 Å². The molecule has 1 aliphatic rings. The first-order valence-electron chi connectivity index (χ1n) is 6.63. The number of hydrogen-bond donors (Lipinski definition) is 0. The summed E-state index contributed by atoms with van der Waals surface area (Å²) < 4.78 is 6.50. The molecule has 0 saturated carbocycles. The normalized spacial score (nSPS) is 16.8. The molecule has 0 aliphatic carbocycles. The van der Waals surface area contributed by atoms with Gasteiger partial charge in [-0.25, -0.2) is 0 Å². The van der Waals surface area contributed by atoms with Crippen molar-refractivity contribution < 1.29 is 9.53 Å². The summed E-state index contributed by atoms with van der Waals surface area (Å²) in [5.41, 5.74) is 0.836. The van der Waals surface area contributed by atoms with Crippen LogP contribution in [-0.4, -0.2) is 43.5 Å². The molecule has 1 aromatic carbocycles. The van der Waals surface area contributed by atoms with E-state index in [0.717, 1.165) is 38.4 Å². The van der Waals surface area contributed by atoms with Crippen LogP contribution in [0.25, 0.3) is 10.1 Å². The Balaban J connectivity index is 1.62. The number of carbonyl (C=O) groups is 1. The van der Waals surface area contributed by atoms with Gasteiger partial charge in [0.25, 0.3) is 0 Å². The van der Waals surface area contributed by atoms with E-state index >= 15 is 0 Å². The van der Waals surface area contributed by atoms with Crippen molar-refractivity contribution in [3.05, 3.63) is 35.2 Å². The molecule has 2 aromatic rings. The standard InChI is InChI=1S/C15H17NO2S/c17-14(3-5-16-6-8-18-9-7-16)13-2-1-12-4-10-19-15(12)11-13/h1-2,4,10-11H,3,5-9H2. The van der Waals surface area contributed by atoms with Gasteiger partial charge in [0.2, 0.25) is 0 Å². The second-order valence-corrected chi connectivity index (χ2v) is 5.75. The molecule has 1 aliphatic heterocycles. The molecule has 0 N–H and O–H groups in total. The first-order chi connectivity index (χ1) is 9.33. The lowest BCUT2D eigenvalue weighted by molar-refractivity contribution is 0.0370. The third kappa shape index (κ3) is 3.03. The largest absolute Gasteiger partial charge is 0.379 e. The zero-order valence-electron chi connectivity index (χ0n) is 10.8. The topological polar surface area (TPSA) is 29.5 Å². The number of ketones is 1. The van der Waals surface area contributed by atoms with Crippen molar-refractivity contribution in [3.8, 4) is 0 Å². The lowest BCUT2D eigenvalue weighted by Gasteiger charge is -2.26. The van der Waals surface area contributed by atoms with Gasteiger partial charge in [0.1, 0.15) is 0 Å². The van der Waals surface area contributed by atoms with Gasteiger partial charge in [0.05, 0.1) is 13.2 Å². The zero-order valence-corrected chi connectivity index (χ0v) is 11.6. The van der Waals surface area contributed by atoms with E-state index in [-0.39, 0.29) is 5.78 Å². The molecular formula is C15H17NO2S. The third-order valence-electron chi connectivity index (χ3n) is 3.54. The Hall–Kier alpha value is -1.23. The summed E-state index contributed by atoms with van der Waals surface area (Å²) in [6.07, 6.45) is 0.594. The van der Waals surface area contributed by atoms with Crippen LogP contribution < -0.4 is 0 Å². The quantitative estimate of drug-likeness (QED) is 0.804. The van der Waals surface area contributed by atoms with Crippen molar-refractivity contribution >= 4 is 27.2 Å². The van der Waals surface area contributed by atoms with Crippen LogP contribution in [0.1, 0.15) is 16.8 Å². The SMILES string of the molecule is O=C(CCN1CCOCC1)c1ccc2ccsc2c1. The van der Waals surface area contributed by atoms with E-state index in [1.807, 2.05) is 18.2 Å². The summed E-state index contributed by atoms with van der Waals surface area (Å²) >= 11 is 1.69. The second-order valence-electron chi connectivity index (χ2n) is 4.80. The maximum Gasteiger partial charge on any atom is 0.164 e. The van der Waals surface area contributed by atoms with Crippen LogP contribution in [0.15, 0.2) is 29.6 Å². The molecule has 0 radical (unpaired) electrons. The molecule has 0 amide bonds. The van der Waals surface area contributed by atoms with Gasteiger partial charge in [0.15, 0.2) is 5.78 Å². The van der Waals surface area contributed by atoms with E-state index in [4.69, 9.17) is 4.74 Å². The summed E-state index contributed by atoms with van der Waals surface area (Å²) in [4.78, 5) is 14.5. The molecule has 1 saturated heterocycles. The number of ether oxygens (including phenoxy) is 1. The summed E-state index contributed by atoms with van der Waals surface area (Å²) in [6.45, 7) is 4.30. The Labute approximate surface area is 116 Å². The molecule has 100 valence electrons. The van der Waals surface area contributed by atoms with E-state index in [1.54, 1.807) is 11.3 Å². The molecule has 1 fully saturated rings. The van der Waals surface area contributed by atoms with Crippen LogP contribution in [0.5, 0.6) is 0 Å². The van der Waals surface area contributed by atoms with Gasteiger partial charge in [-0.05, 0) is 22.9 Å². The van der Waals surface area contributed by atoms with Crippen molar-refractivity contribution in [3.63, 3.8) is 0 Å². The summed E-state index contributed by atoms with van der Waals surface area (Å²) in [5.74, 6) is 0.238. The molecule has 19 heavy (non-hydrogen) atoms. The number of nitrogens with zero attached hydrogens (tertiary/aromatic N) is 1. The minimum Gasteiger partial charge on any atom is -0.379 e. The highest BCUT2D eigenvalue weighted by molar-refractivity contribution is 7.17. The van der Waals surface area contributed by atoms with E-state index < -0.39 is 0 Å². The molecule has 3 rings (SSSR count). The van der Waals surface area contributed by atoms with Gasteiger partial charge in [-0.3, -0.25) is 9.69 Å². The Morgan fingerprint density at radius 2 is 2.11 bits per heavy atom. The highest BCUT2D eigenvalue weighted by Gasteiger charge is 2.13. The number of benzene rings is 1. The second kappa shape index (κ2) is 5.82. The van der Waals surface area contributed by atoms with E-state index in [0.29, 0.717) is 6.42 Å². The van der Waals surface area contributed by atoms with Crippen LogP contribution in [0.2, 0.25) is 0 Å². The van der Waals surface area contributed by atoms with Crippen LogP contribution in [-0.2, 0) is 4.74 Å². The van der Waals surface area contributed by atoms with Crippen molar-refractivity contribution in [1.82, 2.24) is 4.90 Å². The number of morpholine rings is 1. The van der Waals surface area contributed by atoms with E-state index in [9.17, 15) is 4.79 Å². The molecule has 0 spiro atoms. The zero-order chi connectivity index (χ0) is 13.1. The van der Waals surface area contributed by atoms with Crippen molar-refractivity contribution in [2.75, 3.05) is 32.8 Å². The number of Topliss-reactive ketones (excluding diaryl/α,β-unsaturated/α-hetero) is 1. The molecule has 2 heterocycles. The van der Waals surface area contributed by atoms with Gasteiger partial charge >= 0.3 is 0 Å². The van der Waals surface area contributed by atoms with Crippen molar-refractivity contribution in [1.29, 1.82) is 0 Å². The van der Waals surface area contributed by atoms with E-state index in [2.05, 4.69) is 16.3 Å². The summed E-state index contributed by atoms with van der Waals surface area (Å²) in [6, 6.07) is 8.08. The Morgan fingerprint density at radius 3 is 2.95 bits per heavy atom. The third-order valence-corrected chi connectivity index (χ3v) is 4.42. The van der Waals surface area contributed by atoms with Crippen molar-refractivity contribution in [2.45, 2.75) is 6.42 Å². The molecule has 3 nitrogen and oxygen atoms in total. The number of fused-ring (bicyclic) bond motifs is 1. The minimum atomic E-state index is 0.238. The molecule has 4 heteroatoms. The fourth-order valence-corrected chi connectivity index (χ4v) is 3.19. The molecule has 0 bridgehead atoms. The van der Waals surface area contributed by atoms with Crippen LogP contribution in [0.4, 0.5) is 0 Å². The minimum absolute atomic E-state index is 0.238. The summed E-state index contributed by atoms with van der Waals surface area (Å²) in [5, 5.41) is 3.28. The van der Waals surface area contributed by atoms with Crippen LogP contribution in [0.3, 0.4) is 0 Å². The highest BCUT2D eigenvalue weighted by atomic mass is 32.1. The van der Waals surface area contributed by atoms with Gasteiger partial charge in [-0.15, -0.1) is 11.3 Å². The summed E-state index contributed by atoms with van der Waals surface area (Å²) in [7, 11) is 0. The van der Waals surface area contributed by atoms with Crippen LogP contribution >= 0.6 is 11.3 Å². The molecule has 0 unspecified atom stereocenters. The van der Waals surface area contributed by atoms with Gasteiger partial charge in [-0.1, -0.05) is 12.1 Å². The number of rotatable bonds is 4. The number of hydrogen-bond acceptors (Lipinski definition) is 4. The Bertz CT molecular complexity index is 572. The number of thiophene rings is 1. The lowest BCUT2D eigenvalue weighted by atomic mass is 10.1. The fraction of sp³-hybridized carbons (Fsp3) is 0.400. The average Bonchev–Trinajstić information content (AvgIpc) is 2.93. The maximum absolute atomic E-state index is 12.2. The highest BCUT2D eigenvalue weighted by Crippen LogP contribution is 2.22. The van der Waals surface area contributed by atoms with Gasteiger partial charge < -0.3 is 4.74 Å². The maximum atomic E-state index is 12.2. The number of carbonyl (C=O) groups excluding carboxylic acids is 1. The predicted octanol–water partition coefficient (Wildman–Crippen LogP) is 2.81. The monoisotopic (exact) mass is 275 g/mol. The van der Waals surface area contributed by atoms with Crippen LogP contribution in [0, 0.1) is 0 Å². The average molecular weight is 275 g/mol. The Kier molecular flexibility index (Phi) is 3.92. The fourth-order valence-electron chi connectivity index (χ4n) is 2.36. The lowest BCUT2D eigenvalue weighted by Crippen LogP contribution is -2.37. The first-order valence-corrected chi connectivity index (χ1v) is 7.51. The van der Waals surface area contributed by atoms with Gasteiger partial charge in [0, 0.05) is 36.3 Å².